The molecule has 0 atom stereocenters. The highest BCUT2D eigenvalue weighted by Crippen LogP contribution is 2.08. The van der Waals surface area contributed by atoms with Gasteiger partial charge in [-0.1, -0.05) is 24.0 Å². The van der Waals surface area contributed by atoms with Gasteiger partial charge < -0.3 is 15.4 Å². The summed E-state index contributed by atoms with van der Waals surface area (Å²) in [5.74, 6) is 5.95. The Morgan fingerprint density at radius 1 is 1.45 bits per heavy atom. The molecule has 0 aliphatic rings. The summed E-state index contributed by atoms with van der Waals surface area (Å²) in [4.78, 5) is 13.6. The van der Waals surface area contributed by atoms with E-state index in [4.69, 9.17) is 10.5 Å². The Labute approximate surface area is 120 Å². The Bertz CT molecular complexity index is 489. The molecule has 2 N–H and O–H groups in total. The highest BCUT2D eigenvalue weighted by molar-refractivity contribution is 5.75. The Morgan fingerprint density at radius 2 is 2.25 bits per heavy atom. The average molecular weight is 274 g/mol. The molecule has 4 heteroatoms. The molecule has 0 fully saturated rings. The summed E-state index contributed by atoms with van der Waals surface area (Å²) in [6, 6.07) is 7.86. The predicted octanol–water partition coefficient (Wildman–Crippen LogP) is 1.38. The summed E-state index contributed by atoms with van der Waals surface area (Å²) < 4.78 is 4.95. The van der Waals surface area contributed by atoms with Crippen LogP contribution < -0.4 is 5.73 Å². The molecule has 0 saturated heterocycles. The van der Waals surface area contributed by atoms with Gasteiger partial charge in [0.25, 0.3) is 0 Å². The molecule has 0 bridgehead atoms. The Kier molecular flexibility index (Phi) is 7.41. The van der Waals surface area contributed by atoms with Gasteiger partial charge in [-0.05, 0) is 24.1 Å². The summed E-state index contributed by atoms with van der Waals surface area (Å²) in [6.45, 7) is 1.55. The van der Waals surface area contributed by atoms with E-state index in [0.717, 1.165) is 17.5 Å². The first-order chi connectivity index (χ1) is 9.67. The van der Waals surface area contributed by atoms with Crippen LogP contribution in [-0.2, 0) is 16.1 Å². The van der Waals surface area contributed by atoms with Gasteiger partial charge in [0.1, 0.15) is 0 Å². The smallest absolute Gasteiger partial charge is 0.222 e. The van der Waals surface area contributed by atoms with Crippen LogP contribution in [0.5, 0.6) is 0 Å². The molecule has 0 aliphatic heterocycles. The van der Waals surface area contributed by atoms with Gasteiger partial charge in [0, 0.05) is 39.3 Å². The van der Waals surface area contributed by atoms with Crippen molar-refractivity contribution in [3.8, 4) is 11.8 Å². The Balaban J connectivity index is 2.56. The van der Waals surface area contributed by atoms with E-state index in [0.29, 0.717) is 26.1 Å². The molecule has 0 aliphatic carbocycles. The first-order valence-electron chi connectivity index (χ1n) is 6.68. The number of hydrogen-bond donors (Lipinski definition) is 1. The maximum Gasteiger partial charge on any atom is 0.222 e. The molecule has 1 aromatic rings. The van der Waals surface area contributed by atoms with Gasteiger partial charge in [-0.25, -0.2) is 0 Å². The molecule has 0 saturated carbocycles. The SMILES string of the molecule is COCCCC(=O)N(C)Cc1cccc(C#CCN)c1. The van der Waals surface area contributed by atoms with E-state index in [-0.39, 0.29) is 5.91 Å². The lowest BCUT2D eigenvalue weighted by atomic mass is 10.1. The first-order valence-corrected chi connectivity index (χ1v) is 6.68. The zero-order valence-electron chi connectivity index (χ0n) is 12.2. The van der Waals surface area contributed by atoms with Crippen LogP contribution in [0.4, 0.5) is 0 Å². The summed E-state index contributed by atoms with van der Waals surface area (Å²) in [6.07, 6.45) is 1.26. The summed E-state index contributed by atoms with van der Waals surface area (Å²) >= 11 is 0. The third-order valence-corrected chi connectivity index (χ3v) is 2.85. The zero-order chi connectivity index (χ0) is 14.8. The molecule has 1 amide bonds. The topological polar surface area (TPSA) is 55.6 Å². The lowest BCUT2D eigenvalue weighted by Crippen LogP contribution is -2.26. The number of carbonyl (C=O) groups is 1. The van der Waals surface area contributed by atoms with Crippen molar-refractivity contribution in [1.82, 2.24) is 4.90 Å². The van der Waals surface area contributed by atoms with Gasteiger partial charge in [0.05, 0.1) is 6.54 Å². The van der Waals surface area contributed by atoms with Crippen molar-refractivity contribution in [2.45, 2.75) is 19.4 Å². The van der Waals surface area contributed by atoms with Gasteiger partial charge in [-0.15, -0.1) is 0 Å². The minimum atomic E-state index is 0.125. The van der Waals surface area contributed by atoms with Gasteiger partial charge in [-0.3, -0.25) is 4.79 Å². The molecule has 20 heavy (non-hydrogen) atoms. The monoisotopic (exact) mass is 274 g/mol. The molecular weight excluding hydrogens is 252 g/mol. The average Bonchev–Trinajstić information content (AvgIpc) is 2.45. The second-order valence-electron chi connectivity index (χ2n) is 4.55. The van der Waals surface area contributed by atoms with Crippen LogP contribution in [0.1, 0.15) is 24.0 Å². The molecular formula is C16H22N2O2. The van der Waals surface area contributed by atoms with E-state index in [1.54, 1.807) is 12.0 Å². The van der Waals surface area contributed by atoms with Crippen molar-refractivity contribution in [3.05, 3.63) is 35.4 Å². The number of ether oxygens (including phenoxy) is 1. The summed E-state index contributed by atoms with van der Waals surface area (Å²) in [5, 5.41) is 0. The number of carbonyl (C=O) groups excluding carboxylic acids is 1. The summed E-state index contributed by atoms with van der Waals surface area (Å²) in [7, 11) is 3.45. The number of amides is 1. The first kappa shape index (κ1) is 16.2. The normalized spacial score (nSPS) is 9.75. The second kappa shape index (κ2) is 9.13. The van der Waals surface area contributed by atoms with Crippen molar-refractivity contribution in [2.75, 3.05) is 27.3 Å². The third kappa shape index (κ3) is 5.87. The van der Waals surface area contributed by atoms with E-state index in [2.05, 4.69) is 11.8 Å². The highest BCUT2D eigenvalue weighted by atomic mass is 16.5. The lowest BCUT2D eigenvalue weighted by molar-refractivity contribution is -0.130. The van der Waals surface area contributed by atoms with Gasteiger partial charge in [0.2, 0.25) is 5.91 Å². The molecule has 0 aromatic heterocycles. The Hall–Kier alpha value is -1.83. The van der Waals surface area contributed by atoms with Crippen LogP contribution in [0.3, 0.4) is 0 Å². The largest absolute Gasteiger partial charge is 0.385 e. The third-order valence-electron chi connectivity index (χ3n) is 2.85. The van der Waals surface area contributed by atoms with Crippen molar-refractivity contribution < 1.29 is 9.53 Å². The minimum Gasteiger partial charge on any atom is -0.385 e. The predicted molar refractivity (Wildman–Crippen MR) is 80.0 cm³/mol. The number of hydrogen-bond acceptors (Lipinski definition) is 3. The zero-order valence-corrected chi connectivity index (χ0v) is 12.2. The number of nitrogens with zero attached hydrogens (tertiary/aromatic N) is 1. The molecule has 1 rings (SSSR count). The molecule has 108 valence electrons. The van der Waals surface area contributed by atoms with Gasteiger partial charge in [0.15, 0.2) is 0 Å². The molecule has 1 aromatic carbocycles. The van der Waals surface area contributed by atoms with E-state index < -0.39 is 0 Å². The van der Waals surface area contributed by atoms with Crippen LogP contribution in [0.25, 0.3) is 0 Å². The van der Waals surface area contributed by atoms with Crippen molar-refractivity contribution in [2.24, 2.45) is 5.73 Å². The van der Waals surface area contributed by atoms with Gasteiger partial charge >= 0.3 is 0 Å². The standard InChI is InChI=1S/C16H22N2O2/c1-18(16(19)9-5-11-20-2)13-15-7-3-6-14(12-15)8-4-10-17/h3,6-7,12H,5,9-11,13,17H2,1-2H3. The van der Waals surface area contributed by atoms with Crippen LogP contribution in [0.2, 0.25) is 0 Å². The van der Waals surface area contributed by atoms with Gasteiger partial charge in [-0.2, -0.15) is 0 Å². The van der Waals surface area contributed by atoms with E-state index in [9.17, 15) is 4.79 Å². The molecule has 0 radical (unpaired) electrons. The summed E-state index contributed by atoms with van der Waals surface area (Å²) in [5.41, 5.74) is 7.35. The maximum atomic E-state index is 11.9. The highest BCUT2D eigenvalue weighted by Gasteiger charge is 2.08. The van der Waals surface area contributed by atoms with Crippen LogP contribution in [0, 0.1) is 11.8 Å². The van der Waals surface area contributed by atoms with Crippen LogP contribution in [-0.4, -0.2) is 38.1 Å². The maximum absolute atomic E-state index is 11.9. The number of nitrogens with two attached hydrogens (primary N) is 1. The minimum absolute atomic E-state index is 0.125. The molecule has 4 nitrogen and oxygen atoms in total. The van der Waals surface area contributed by atoms with Crippen molar-refractivity contribution >= 4 is 5.91 Å². The van der Waals surface area contributed by atoms with Crippen molar-refractivity contribution in [3.63, 3.8) is 0 Å². The fraction of sp³-hybridized carbons (Fsp3) is 0.438. The fourth-order valence-corrected chi connectivity index (χ4v) is 1.82. The number of benzene rings is 1. The van der Waals surface area contributed by atoms with E-state index in [1.165, 1.54) is 0 Å². The lowest BCUT2D eigenvalue weighted by Gasteiger charge is -2.17. The quantitative estimate of drug-likeness (QED) is 0.630. The van der Waals surface area contributed by atoms with E-state index >= 15 is 0 Å². The number of rotatable bonds is 6. The van der Waals surface area contributed by atoms with Crippen molar-refractivity contribution in [1.29, 1.82) is 0 Å². The Morgan fingerprint density at radius 3 is 2.95 bits per heavy atom. The number of methoxy groups -OCH3 is 1. The van der Waals surface area contributed by atoms with E-state index in [1.807, 2.05) is 31.3 Å². The molecule has 0 heterocycles. The molecule has 0 unspecified atom stereocenters. The van der Waals surface area contributed by atoms with Crippen LogP contribution in [0.15, 0.2) is 24.3 Å². The molecule has 0 spiro atoms. The van der Waals surface area contributed by atoms with Crippen LogP contribution >= 0.6 is 0 Å². The fourth-order valence-electron chi connectivity index (χ4n) is 1.82. The second-order valence-corrected chi connectivity index (χ2v) is 4.55.